The minimum Gasteiger partial charge on any atom is -0.508 e. The van der Waals surface area contributed by atoms with Crippen molar-refractivity contribution in [3.63, 3.8) is 0 Å². The lowest BCUT2D eigenvalue weighted by Crippen LogP contribution is -2.59. The Morgan fingerprint density at radius 3 is 2.38 bits per heavy atom. The highest BCUT2D eigenvalue weighted by Crippen LogP contribution is 2.40. The SMILES string of the molecule is C=CC(=O)N1CCN(c2nc(OCCN3CCN(C(=O)C4CCN(Cc5ccc(-n6c(C(=O)NCC(F)(F)F)nnc6-c6cc(C(C)C)c(O)cc6O)cc5)CC4)C[C@H]3CN(C)C)nc3c2CCN(c2cccc4cccc(Cl)c24)C3)C[C@@H]1CC#N. The van der Waals surface area contributed by atoms with Gasteiger partial charge in [-0.3, -0.25) is 28.8 Å². The van der Waals surface area contributed by atoms with E-state index in [1.807, 2.05) is 68.5 Å². The van der Waals surface area contributed by atoms with Gasteiger partial charge in [-0.2, -0.15) is 28.4 Å². The number of alkyl halides is 3. The number of halogens is 4. The van der Waals surface area contributed by atoms with E-state index >= 15 is 0 Å². The lowest BCUT2D eigenvalue weighted by atomic mass is 9.94. The minimum atomic E-state index is -4.67. The van der Waals surface area contributed by atoms with Crippen molar-refractivity contribution in [2.45, 2.75) is 76.8 Å². The van der Waals surface area contributed by atoms with Crippen LogP contribution in [0.3, 0.4) is 0 Å². The van der Waals surface area contributed by atoms with Crippen LogP contribution < -0.4 is 19.9 Å². The van der Waals surface area contributed by atoms with E-state index < -0.39 is 24.5 Å². The number of hydrogen-bond donors (Lipinski definition) is 3. The zero-order valence-corrected chi connectivity index (χ0v) is 49.6. The second kappa shape index (κ2) is 26.3. The number of carbonyl (C=O) groups is 3. The number of nitrogens with one attached hydrogen (secondary N) is 1. The van der Waals surface area contributed by atoms with Gasteiger partial charge in [0.2, 0.25) is 17.6 Å². The molecule has 0 saturated carbocycles. The van der Waals surface area contributed by atoms with Crippen molar-refractivity contribution in [2.75, 3.05) is 109 Å². The molecular weight excluding hydrogens is 1130 g/mol. The standard InChI is InChI=1S/C62H72ClF3N14O6/c1-6-54(83)79-28-27-77(35-44(79)17-21-67)56-46-20-24-76(51-12-8-10-41-9-7-11-49(63)55(41)51)37-50(46)69-61(70-56)86-30-29-75-25-26-78(36-45(75)34-73(4)5)60(85)42-18-22-74(23-19-42)33-40-13-15-43(16-14-40)80-57(48-31-47(39(2)3)52(81)32-53(48)82)71-72-58(80)59(84)68-38-62(64,65)66/h6-16,31-32,39,42,44-45,81-82H,1,17-20,22-30,33-38H2,2-5H3,(H,68,84)/t44-,45+/m0/s1. The molecule has 0 unspecified atom stereocenters. The van der Waals surface area contributed by atoms with E-state index in [1.54, 1.807) is 17.0 Å². The molecule has 2 aromatic heterocycles. The molecule has 454 valence electrons. The summed E-state index contributed by atoms with van der Waals surface area (Å²) in [6.45, 7) is 13.6. The molecule has 4 aliphatic rings. The Morgan fingerprint density at radius 1 is 0.919 bits per heavy atom. The quantitative estimate of drug-likeness (QED) is 0.0715. The number of nitrogens with zero attached hydrogens (tertiary/aromatic N) is 13. The number of carbonyl (C=O) groups excluding carboxylic acids is 3. The van der Waals surface area contributed by atoms with Crippen LogP contribution in [0.5, 0.6) is 17.5 Å². The monoisotopic (exact) mass is 1200 g/mol. The maximum atomic E-state index is 14.3. The molecule has 10 rings (SSSR count). The van der Waals surface area contributed by atoms with E-state index in [0.29, 0.717) is 121 Å². The van der Waals surface area contributed by atoms with Gasteiger partial charge in [-0.15, -0.1) is 10.2 Å². The Morgan fingerprint density at radius 2 is 1.67 bits per heavy atom. The maximum Gasteiger partial charge on any atom is 0.405 e. The predicted octanol–water partition coefficient (Wildman–Crippen LogP) is 7.40. The van der Waals surface area contributed by atoms with Gasteiger partial charge >= 0.3 is 12.2 Å². The number of piperazine rings is 2. The average Bonchev–Trinajstić information content (AvgIpc) is 2.12. The van der Waals surface area contributed by atoms with Crippen molar-refractivity contribution in [3.8, 4) is 40.7 Å². The van der Waals surface area contributed by atoms with Gasteiger partial charge in [-0.05, 0) is 105 Å². The molecule has 6 heterocycles. The first-order valence-electron chi connectivity index (χ1n) is 29.1. The van der Waals surface area contributed by atoms with Crippen molar-refractivity contribution in [1.82, 2.24) is 54.5 Å². The number of likely N-dealkylation sites (N-methyl/N-ethyl adjacent to an activating group) is 1. The van der Waals surface area contributed by atoms with E-state index in [0.717, 1.165) is 51.7 Å². The van der Waals surface area contributed by atoms with E-state index in [-0.39, 0.29) is 71.1 Å². The van der Waals surface area contributed by atoms with Crippen LogP contribution in [0.4, 0.5) is 24.7 Å². The van der Waals surface area contributed by atoms with E-state index in [2.05, 4.69) is 65.5 Å². The second-order valence-corrected chi connectivity index (χ2v) is 23.5. The second-order valence-electron chi connectivity index (χ2n) is 23.1. The van der Waals surface area contributed by atoms with Gasteiger partial charge in [0, 0.05) is 106 Å². The number of phenols is 2. The van der Waals surface area contributed by atoms with Crippen LogP contribution >= 0.6 is 11.6 Å². The lowest BCUT2D eigenvalue weighted by Gasteiger charge is -2.44. The highest BCUT2D eigenvalue weighted by Gasteiger charge is 2.37. The number of aromatic nitrogens is 5. The molecule has 0 radical (unpaired) electrons. The number of piperidine rings is 1. The van der Waals surface area contributed by atoms with E-state index in [1.165, 1.54) is 16.7 Å². The van der Waals surface area contributed by atoms with Crippen molar-refractivity contribution in [1.29, 1.82) is 5.26 Å². The largest absolute Gasteiger partial charge is 0.508 e. The molecule has 20 nitrogen and oxygen atoms in total. The average molecular weight is 1200 g/mol. The van der Waals surface area contributed by atoms with Crippen molar-refractivity contribution in [2.24, 2.45) is 5.92 Å². The summed E-state index contributed by atoms with van der Waals surface area (Å²) in [6, 6.07) is 24.1. The van der Waals surface area contributed by atoms with Gasteiger partial charge in [0.25, 0.3) is 5.91 Å². The summed E-state index contributed by atoms with van der Waals surface area (Å²) < 4.78 is 47.4. The summed E-state index contributed by atoms with van der Waals surface area (Å²) in [5, 5.41) is 43.9. The minimum absolute atomic E-state index is 0.00669. The van der Waals surface area contributed by atoms with Gasteiger partial charge in [0.05, 0.1) is 41.4 Å². The van der Waals surface area contributed by atoms with E-state index in [9.17, 15) is 43.0 Å². The fourth-order valence-electron chi connectivity index (χ4n) is 12.4. The molecule has 3 saturated heterocycles. The highest BCUT2D eigenvalue weighted by molar-refractivity contribution is 6.36. The normalized spacial score (nSPS) is 18.2. The van der Waals surface area contributed by atoms with Crippen LogP contribution in [0.2, 0.25) is 5.02 Å². The maximum absolute atomic E-state index is 14.3. The van der Waals surface area contributed by atoms with E-state index in [4.69, 9.17) is 26.3 Å². The first kappa shape index (κ1) is 61.1. The number of amides is 3. The summed E-state index contributed by atoms with van der Waals surface area (Å²) in [5.41, 5.74) is 4.76. The zero-order chi connectivity index (χ0) is 61.0. The van der Waals surface area contributed by atoms with Gasteiger partial charge in [-0.25, -0.2) is 0 Å². The molecule has 4 aromatic carbocycles. The molecule has 24 heteroatoms. The number of ether oxygens (including phenoxy) is 1. The number of fused-ring (bicyclic) bond motifs is 2. The molecule has 0 bridgehead atoms. The third kappa shape index (κ3) is 13.6. The third-order valence-corrected chi connectivity index (χ3v) is 17.0. The molecule has 6 aromatic rings. The van der Waals surface area contributed by atoms with Gasteiger partial charge < -0.3 is 44.8 Å². The molecule has 86 heavy (non-hydrogen) atoms. The number of phenolic OH excluding ortho intramolecular Hbond substituents is 2. The number of benzene rings is 4. The Hall–Kier alpha value is -8.04. The fraction of sp³-hybridized carbons (Fsp3) is 0.452. The van der Waals surface area contributed by atoms with Crippen molar-refractivity contribution >= 4 is 51.6 Å². The summed E-state index contributed by atoms with van der Waals surface area (Å²) in [6.07, 6.45) is -1.20. The molecule has 3 fully saturated rings. The predicted molar refractivity (Wildman–Crippen MR) is 320 cm³/mol. The summed E-state index contributed by atoms with van der Waals surface area (Å²) in [4.78, 5) is 65.5. The number of hydrogen-bond acceptors (Lipinski definition) is 16. The van der Waals surface area contributed by atoms with Crippen LogP contribution in [-0.4, -0.2) is 195 Å². The molecule has 3 amide bonds. The summed E-state index contributed by atoms with van der Waals surface area (Å²) >= 11 is 6.83. The first-order valence-corrected chi connectivity index (χ1v) is 29.5. The zero-order valence-electron chi connectivity index (χ0n) is 48.8. The van der Waals surface area contributed by atoms with Gasteiger partial charge in [-0.1, -0.05) is 68.4 Å². The number of nitriles is 1. The first-order chi connectivity index (χ1) is 41.3. The molecule has 0 aliphatic carbocycles. The number of rotatable bonds is 18. The van der Waals surface area contributed by atoms with Crippen LogP contribution in [-0.2, 0) is 29.1 Å². The molecule has 4 aliphatic heterocycles. The highest BCUT2D eigenvalue weighted by atomic mass is 35.5. The Bertz CT molecular complexity index is 3510. The third-order valence-electron chi connectivity index (χ3n) is 16.7. The molecule has 3 N–H and O–H groups in total. The lowest BCUT2D eigenvalue weighted by molar-refractivity contribution is -0.140. The van der Waals surface area contributed by atoms with Crippen LogP contribution in [0, 0.1) is 17.2 Å². The summed E-state index contributed by atoms with van der Waals surface area (Å²) in [5.74, 6) is -1.66. The molecular formula is C62H72ClF3N14O6. The van der Waals surface area contributed by atoms with Crippen LogP contribution in [0.15, 0.2) is 85.5 Å². The van der Waals surface area contributed by atoms with Crippen molar-refractivity contribution in [3.05, 3.63) is 119 Å². The smallest absolute Gasteiger partial charge is 0.405 e. The molecule has 2 atom stereocenters. The van der Waals surface area contributed by atoms with Gasteiger partial charge in [0.15, 0.2) is 5.82 Å². The Balaban J connectivity index is 0.781. The number of aromatic hydroxyl groups is 2. The Kier molecular flexibility index (Phi) is 18.7. The van der Waals surface area contributed by atoms with Crippen molar-refractivity contribution < 1.29 is 42.5 Å². The van der Waals surface area contributed by atoms with Crippen LogP contribution in [0.25, 0.3) is 27.8 Å². The fourth-order valence-corrected chi connectivity index (χ4v) is 12.7. The Labute approximate surface area is 503 Å². The topological polar surface area (TPSA) is 216 Å². The summed E-state index contributed by atoms with van der Waals surface area (Å²) in [7, 11) is 4.06. The number of likely N-dealkylation sites (tertiary alicyclic amines) is 1. The molecule has 0 spiro atoms. The number of anilines is 2. The van der Waals surface area contributed by atoms with Crippen LogP contribution in [0.1, 0.15) is 72.0 Å². The van der Waals surface area contributed by atoms with Gasteiger partial charge in [0.1, 0.15) is 30.5 Å².